The zero-order valence-electron chi connectivity index (χ0n) is 24.2. The Kier molecular flexibility index (Phi) is 8.32. The minimum Gasteiger partial charge on any atom is -0.463 e. The third kappa shape index (κ3) is 5.10. The number of cyclic esters (lactones) is 1. The predicted molar refractivity (Wildman–Crippen MR) is 162 cm³/mol. The highest BCUT2D eigenvalue weighted by Gasteiger charge is 2.71. The van der Waals surface area contributed by atoms with E-state index in [1.54, 1.807) is 36.4 Å². The van der Waals surface area contributed by atoms with Crippen LogP contribution in [0.25, 0.3) is 0 Å². The molecule has 6 rings (SSSR count). The number of para-hydroxylation sites is 1. The van der Waals surface area contributed by atoms with Gasteiger partial charge < -0.3 is 29.7 Å². The fourth-order valence-electron chi connectivity index (χ4n) is 6.95. The van der Waals surface area contributed by atoms with E-state index in [9.17, 15) is 24.3 Å². The first kappa shape index (κ1) is 30.1. The zero-order chi connectivity index (χ0) is 31.0. The van der Waals surface area contributed by atoms with E-state index >= 15 is 0 Å². The number of aliphatic hydroxyl groups is 1. The lowest BCUT2D eigenvalue weighted by atomic mass is 9.77. The summed E-state index contributed by atoms with van der Waals surface area (Å²) in [6, 6.07) is 12.7. The molecule has 0 aliphatic carbocycles. The molecule has 0 radical (unpaired) electrons. The number of likely N-dealkylation sites (tertiary alicyclic amines) is 1. The summed E-state index contributed by atoms with van der Waals surface area (Å²) in [5.74, 6) is -3.79. The second-order valence-electron chi connectivity index (χ2n) is 11.5. The van der Waals surface area contributed by atoms with Crippen molar-refractivity contribution in [2.24, 2.45) is 11.8 Å². The Morgan fingerprint density at radius 2 is 1.84 bits per heavy atom. The number of hydrogen-bond donors (Lipinski definition) is 2. The SMILES string of the molecule is Cc1cccc(Cl)c1N1CC=C[C@]23O[C@@H]4/C=C\CCC(=O)OC[C@@H](c5ccccc5)NC(=O)[C@@H]4[C@H]2C(=O)N(CCO)[C@@H]3C1=O. The van der Waals surface area contributed by atoms with Gasteiger partial charge in [0.15, 0.2) is 0 Å². The fraction of sp³-hybridized carbons (Fsp3) is 0.394. The van der Waals surface area contributed by atoms with Gasteiger partial charge in [-0.05, 0) is 30.5 Å². The maximum Gasteiger partial charge on any atom is 0.306 e. The Hall–Kier alpha value is -3.99. The number of allylic oxidation sites excluding steroid dienone is 1. The monoisotopic (exact) mass is 619 g/mol. The van der Waals surface area contributed by atoms with Crippen molar-refractivity contribution in [3.63, 3.8) is 0 Å². The van der Waals surface area contributed by atoms with Gasteiger partial charge in [-0.15, -0.1) is 0 Å². The Morgan fingerprint density at radius 3 is 2.59 bits per heavy atom. The molecule has 2 saturated heterocycles. The number of benzene rings is 2. The molecule has 4 aliphatic heterocycles. The lowest BCUT2D eigenvalue weighted by Gasteiger charge is -2.35. The van der Waals surface area contributed by atoms with E-state index in [2.05, 4.69) is 5.32 Å². The van der Waals surface area contributed by atoms with Gasteiger partial charge in [-0.3, -0.25) is 19.2 Å². The number of β-amino-alcohol motifs (C(OH)–C–C–N with tert-alkyl or cyclic N) is 1. The van der Waals surface area contributed by atoms with Gasteiger partial charge in [0, 0.05) is 19.5 Å². The first-order chi connectivity index (χ1) is 21.3. The molecule has 10 nitrogen and oxygen atoms in total. The summed E-state index contributed by atoms with van der Waals surface area (Å²) in [4.78, 5) is 58.3. The lowest BCUT2D eigenvalue weighted by Crippen LogP contribution is -2.56. The van der Waals surface area contributed by atoms with Gasteiger partial charge in [0.2, 0.25) is 11.8 Å². The van der Waals surface area contributed by atoms with Crippen LogP contribution in [0.4, 0.5) is 5.69 Å². The molecular weight excluding hydrogens is 586 g/mol. The van der Waals surface area contributed by atoms with Gasteiger partial charge in [-0.25, -0.2) is 0 Å². The number of nitrogens with zero attached hydrogens (tertiary/aromatic N) is 2. The predicted octanol–water partition coefficient (Wildman–Crippen LogP) is 2.88. The molecule has 2 aromatic rings. The highest BCUT2D eigenvalue weighted by molar-refractivity contribution is 6.34. The summed E-state index contributed by atoms with van der Waals surface area (Å²) in [5.41, 5.74) is 0.556. The van der Waals surface area contributed by atoms with Crippen molar-refractivity contribution >= 4 is 41.0 Å². The number of rotatable bonds is 4. The molecule has 0 aromatic heterocycles. The van der Waals surface area contributed by atoms with Crippen LogP contribution in [0.2, 0.25) is 5.02 Å². The lowest BCUT2D eigenvalue weighted by molar-refractivity contribution is -0.146. The highest BCUT2D eigenvalue weighted by Crippen LogP contribution is 2.53. The molecule has 1 spiro atoms. The first-order valence-electron chi connectivity index (χ1n) is 14.8. The smallest absolute Gasteiger partial charge is 0.306 e. The minimum absolute atomic E-state index is 0.0793. The quantitative estimate of drug-likeness (QED) is 0.398. The maximum atomic E-state index is 14.5. The molecule has 2 N–H and O–H groups in total. The number of esters is 1. The second kappa shape index (κ2) is 12.2. The number of aliphatic hydroxyl groups excluding tert-OH is 1. The average Bonchev–Trinajstić information content (AvgIpc) is 3.39. The minimum atomic E-state index is -1.49. The molecule has 2 aromatic carbocycles. The van der Waals surface area contributed by atoms with E-state index in [1.165, 1.54) is 9.80 Å². The fourth-order valence-corrected chi connectivity index (χ4v) is 7.27. The number of hydrogen-bond acceptors (Lipinski definition) is 7. The Bertz CT molecular complexity index is 1510. The van der Waals surface area contributed by atoms with Crippen molar-refractivity contribution in [2.75, 3.05) is 31.2 Å². The number of carbonyl (C=O) groups is 4. The molecule has 0 unspecified atom stereocenters. The van der Waals surface area contributed by atoms with Gasteiger partial charge in [0.25, 0.3) is 5.91 Å². The van der Waals surface area contributed by atoms with Crippen LogP contribution in [0.3, 0.4) is 0 Å². The maximum absolute atomic E-state index is 14.5. The van der Waals surface area contributed by atoms with Crippen LogP contribution in [-0.2, 0) is 28.7 Å². The summed E-state index contributed by atoms with van der Waals surface area (Å²) in [7, 11) is 0. The third-order valence-corrected chi connectivity index (χ3v) is 9.17. The van der Waals surface area contributed by atoms with Gasteiger partial charge >= 0.3 is 5.97 Å². The molecule has 4 heterocycles. The molecule has 2 fully saturated rings. The van der Waals surface area contributed by atoms with Gasteiger partial charge in [0.1, 0.15) is 18.2 Å². The Balaban J connectivity index is 1.43. The van der Waals surface area contributed by atoms with Crippen LogP contribution in [-0.4, -0.2) is 77.7 Å². The Labute approximate surface area is 260 Å². The molecule has 0 saturated carbocycles. The Morgan fingerprint density at radius 1 is 1.05 bits per heavy atom. The van der Waals surface area contributed by atoms with Gasteiger partial charge in [-0.2, -0.15) is 0 Å². The van der Waals surface area contributed by atoms with E-state index in [4.69, 9.17) is 21.1 Å². The van der Waals surface area contributed by atoms with E-state index in [1.807, 2.05) is 43.3 Å². The van der Waals surface area contributed by atoms with Crippen molar-refractivity contribution in [2.45, 2.75) is 43.6 Å². The normalized spacial score (nSPS) is 31.2. The van der Waals surface area contributed by atoms with Crippen molar-refractivity contribution in [3.05, 3.63) is 89.0 Å². The van der Waals surface area contributed by atoms with Crippen molar-refractivity contribution < 1.29 is 33.8 Å². The number of anilines is 1. The molecule has 0 bridgehead atoms. The summed E-state index contributed by atoms with van der Waals surface area (Å²) in [5, 5.41) is 13.4. The number of ether oxygens (including phenoxy) is 2. The number of nitrogens with one attached hydrogen (secondary N) is 1. The van der Waals surface area contributed by atoms with E-state index < -0.39 is 59.3 Å². The largest absolute Gasteiger partial charge is 0.463 e. The summed E-state index contributed by atoms with van der Waals surface area (Å²) < 4.78 is 12.2. The van der Waals surface area contributed by atoms with Crippen LogP contribution in [0, 0.1) is 18.8 Å². The van der Waals surface area contributed by atoms with Crippen LogP contribution in [0.5, 0.6) is 0 Å². The summed E-state index contributed by atoms with van der Waals surface area (Å²) in [6.07, 6.45) is 6.57. The third-order valence-electron chi connectivity index (χ3n) is 8.87. The zero-order valence-corrected chi connectivity index (χ0v) is 25.0. The van der Waals surface area contributed by atoms with Crippen LogP contribution >= 0.6 is 11.6 Å². The standard InChI is InChI=1S/C33H34ClN3O7/c1-20-9-7-12-22(34)28(20)36-16-8-15-33-27(31(41)37(17-18-38)29(33)32(36)42)26-24(44-33)13-5-6-14-25(39)43-19-23(35-30(26)40)21-10-3-2-4-11-21/h2-5,7-13,15,23-24,26-27,29,38H,6,14,16-19H2,1H3,(H,35,40)/b13-5-/t23-,24+,26-,27-,29+,33-/m0/s1. The van der Waals surface area contributed by atoms with E-state index in [0.717, 1.165) is 11.1 Å². The van der Waals surface area contributed by atoms with Crippen molar-refractivity contribution in [1.82, 2.24) is 10.2 Å². The highest BCUT2D eigenvalue weighted by atomic mass is 35.5. The molecule has 11 heteroatoms. The van der Waals surface area contributed by atoms with E-state index in [0.29, 0.717) is 17.1 Å². The second-order valence-corrected chi connectivity index (χ2v) is 11.9. The molecular formula is C33H34ClN3O7. The number of halogens is 1. The summed E-state index contributed by atoms with van der Waals surface area (Å²) >= 11 is 6.58. The molecule has 44 heavy (non-hydrogen) atoms. The van der Waals surface area contributed by atoms with Crippen molar-refractivity contribution in [3.8, 4) is 0 Å². The number of amides is 3. The topological polar surface area (TPSA) is 125 Å². The molecule has 3 amide bonds. The van der Waals surface area contributed by atoms with Crippen LogP contribution in [0.15, 0.2) is 72.8 Å². The van der Waals surface area contributed by atoms with Crippen LogP contribution in [0.1, 0.15) is 30.0 Å². The number of carbonyl (C=O) groups excluding carboxylic acids is 4. The molecule has 6 atom stereocenters. The summed E-state index contributed by atoms with van der Waals surface area (Å²) in [6.45, 7) is 1.45. The molecule has 4 aliphatic rings. The number of fused-ring (bicyclic) bond motifs is 2. The van der Waals surface area contributed by atoms with Crippen LogP contribution < -0.4 is 10.2 Å². The first-order valence-corrected chi connectivity index (χ1v) is 15.2. The average molecular weight is 620 g/mol. The van der Waals surface area contributed by atoms with Gasteiger partial charge in [0.05, 0.1) is 41.3 Å². The number of aryl methyl sites for hydroxylation is 1. The van der Waals surface area contributed by atoms with Crippen molar-refractivity contribution in [1.29, 1.82) is 0 Å². The van der Waals surface area contributed by atoms with E-state index in [-0.39, 0.29) is 32.7 Å². The van der Waals surface area contributed by atoms with Gasteiger partial charge in [-0.1, -0.05) is 78.4 Å². The molecule has 230 valence electrons.